The SMILES string of the molecule is O=C(O)CCCNC[C@@]1(O)OC[C@@H](O)[C@@H](O)[C@@H]1O. The third kappa shape index (κ3) is 3.87. The maximum absolute atomic E-state index is 10.3. The third-order valence-electron chi connectivity index (χ3n) is 2.81. The number of aliphatic hydroxyl groups excluding tert-OH is 3. The zero-order chi connectivity index (χ0) is 13.8. The lowest BCUT2D eigenvalue weighted by Crippen LogP contribution is -2.64. The average Bonchev–Trinajstić information content (AvgIpc) is 2.31. The molecule has 6 N–H and O–H groups in total. The van der Waals surface area contributed by atoms with Gasteiger partial charge in [-0.3, -0.25) is 4.79 Å². The monoisotopic (exact) mass is 265 g/mol. The summed E-state index contributed by atoms with van der Waals surface area (Å²) in [5.41, 5.74) is 0. The molecule has 18 heavy (non-hydrogen) atoms. The zero-order valence-corrected chi connectivity index (χ0v) is 9.82. The maximum Gasteiger partial charge on any atom is 0.303 e. The van der Waals surface area contributed by atoms with Crippen molar-refractivity contribution in [2.75, 3.05) is 19.7 Å². The lowest BCUT2D eigenvalue weighted by molar-refractivity contribution is -0.317. The Balaban J connectivity index is 2.33. The second-order valence-electron chi connectivity index (χ2n) is 4.33. The largest absolute Gasteiger partial charge is 0.481 e. The maximum atomic E-state index is 10.3. The number of hydrogen-bond acceptors (Lipinski definition) is 7. The fraction of sp³-hybridized carbons (Fsp3) is 0.900. The van der Waals surface area contributed by atoms with E-state index in [1.54, 1.807) is 0 Å². The Labute approximate surface area is 104 Å². The Morgan fingerprint density at radius 3 is 2.67 bits per heavy atom. The van der Waals surface area contributed by atoms with Gasteiger partial charge in [0.2, 0.25) is 5.79 Å². The molecule has 4 atom stereocenters. The number of aliphatic hydroxyl groups is 4. The first-order chi connectivity index (χ1) is 8.37. The minimum Gasteiger partial charge on any atom is -0.481 e. The van der Waals surface area contributed by atoms with Crippen molar-refractivity contribution in [3.63, 3.8) is 0 Å². The molecule has 8 nitrogen and oxygen atoms in total. The van der Waals surface area contributed by atoms with Crippen molar-refractivity contribution in [1.29, 1.82) is 0 Å². The van der Waals surface area contributed by atoms with Gasteiger partial charge in [0.05, 0.1) is 13.2 Å². The first-order valence-corrected chi connectivity index (χ1v) is 5.70. The predicted molar refractivity (Wildman–Crippen MR) is 58.7 cm³/mol. The molecule has 0 radical (unpaired) electrons. The van der Waals surface area contributed by atoms with E-state index in [1.807, 2.05) is 0 Å². The highest BCUT2D eigenvalue weighted by atomic mass is 16.6. The smallest absolute Gasteiger partial charge is 0.303 e. The van der Waals surface area contributed by atoms with Gasteiger partial charge in [-0.15, -0.1) is 0 Å². The normalized spacial score (nSPS) is 36.6. The van der Waals surface area contributed by atoms with Crippen molar-refractivity contribution >= 4 is 5.97 Å². The van der Waals surface area contributed by atoms with Gasteiger partial charge < -0.3 is 35.6 Å². The molecule has 0 bridgehead atoms. The molecule has 0 spiro atoms. The standard InChI is InChI=1S/C10H19NO7/c12-6-4-18-10(17,9(16)8(6)15)5-11-3-1-2-7(13)14/h6,8-9,11-12,15-17H,1-5H2,(H,13,14)/t6-,8-,9+,10-/m1/s1. The van der Waals surface area contributed by atoms with E-state index in [1.165, 1.54) is 0 Å². The Morgan fingerprint density at radius 2 is 2.06 bits per heavy atom. The van der Waals surface area contributed by atoms with E-state index < -0.39 is 30.1 Å². The molecule has 1 rings (SSSR count). The summed E-state index contributed by atoms with van der Waals surface area (Å²) < 4.78 is 4.90. The van der Waals surface area contributed by atoms with E-state index in [0.29, 0.717) is 13.0 Å². The Bertz CT molecular complexity index is 287. The summed E-state index contributed by atoms with van der Waals surface area (Å²) in [7, 11) is 0. The molecule has 0 saturated carbocycles. The molecule has 0 aromatic rings. The summed E-state index contributed by atoms with van der Waals surface area (Å²) in [5, 5.41) is 49.3. The lowest BCUT2D eigenvalue weighted by atomic mass is 9.97. The van der Waals surface area contributed by atoms with Crippen LogP contribution in [-0.4, -0.2) is 75.3 Å². The van der Waals surface area contributed by atoms with Gasteiger partial charge in [-0.25, -0.2) is 0 Å². The number of rotatable bonds is 6. The van der Waals surface area contributed by atoms with E-state index in [9.17, 15) is 25.2 Å². The molecule has 8 heteroatoms. The van der Waals surface area contributed by atoms with Crippen LogP contribution in [0.3, 0.4) is 0 Å². The molecule has 1 heterocycles. The van der Waals surface area contributed by atoms with Gasteiger partial charge >= 0.3 is 5.97 Å². The number of carboxylic acid groups (broad SMARTS) is 1. The molecule has 106 valence electrons. The average molecular weight is 265 g/mol. The van der Waals surface area contributed by atoms with Gasteiger partial charge in [-0.1, -0.05) is 0 Å². The van der Waals surface area contributed by atoms with Gasteiger partial charge in [0.1, 0.15) is 18.3 Å². The first kappa shape index (κ1) is 15.3. The third-order valence-corrected chi connectivity index (χ3v) is 2.81. The number of ether oxygens (including phenoxy) is 1. The van der Waals surface area contributed by atoms with E-state index >= 15 is 0 Å². The van der Waals surface area contributed by atoms with Crippen molar-refractivity contribution in [2.24, 2.45) is 0 Å². The molecule has 0 unspecified atom stereocenters. The summed E-state index contributed by atoms with van der Waals surface area (Å²) >= 11 is 0. The van der Waals surface area contributed by atoms with E-state index in [-0.39, 0.29) is 19.6 Å². The van der Waals surface area contributed by atoms with Gasteiger partial charge in [0.25, 0.3) is 0 Å². The molecule has 1 aliphatic rings. The Morgan fingerprint density at radius 1 is 1.39 bits per heavy atom. The van der Waals surface area contributed by atoms with Gasteiger partial charge in [0, 0.05) is 6.42 Å². The van der Waals surface area contributed by atoms with Crippen LogP contribution in [0.25, 0.3) is 0 Å². The number of carbonyl (C=O) groups is 1. The van der Waals surface area contributed by atoms with Crippen LogP contribution in [0, 0.1) is 0 Å². The molecule has 0 amide bonds. The van der Waals surface area contributed by atoms with Crippen molar-refractivity contribution in [2.45, 2.75) is 36.9 Å². The fourth-order valence-corrected chi connectivity index (χ4v) is 1.68. The van der Waals surface area contributed by atoms with Crippen LogP contribution in [0.15, 0.2) is 0 Å². The minimum atomic E-state index is -1.98. The molecule has 0 aromatic heterocycles. The van der Waals surface area contributed by atoms with Crippen LogP contribution in [0.5, 0.6) is 0 Å². The molecule has 1 fully saturated rings. The molecule has 0 aromatic carbocycles. The van der Waals surface area contributed by atoms with Crippen LogP contribution in [0.1, 0.15) is 12.8 Å². The summed E-state index contributed by atoms with van der Waals surface area (Å²) in [6.45, 7) is -0.133. The lowest BCUT2D eigenvalue weighted by Gasteiger charge is -2.41. The van der Waals surface area contributed by atoms with E-state index in [0.717, 1.165) is 0 Å². The summed E-state index contributed by atoms with van der Waals surface area (Å²) in [5.74, 6) is -2.90. The number of hydrogen-bond donors (Lipinski definition) is 6. The molecular weight excluding hydrogens is 246 g/mol. The number of aliphatic carboxylic acids is 1. The van der Waals surface area contributed by atoms with Crippen molar-refractivity contribution in [1.82, 2.24) is 5.32 Å². The predicted octanol–water partition coefficient (Wildman–Crippen LogP) is -2.76. The summed E-state index contributed by atoms with van der Waals surface area (Å²) in [6, 6.07) is 0. The van der Waals surface area contributed by atoms with Crippen molar-refractivity contribution in [3.05, 3.63) is 0 Å². The van der Waals surface area contributed by atoms with E-state index in [2.05, 4.69) is 5.32 Å². The number of nitrogens with one attached hydrogen (secondary N) is 1. The van der Waals surface area contributed by atoms with Gasteiger partial charge in [-0.05, 0) is 13.0 Å². The number of carboxylic acids is 1. The topological polar surface area (TPSA) is 139 Å². The highest BCUT2D eigenvalue weighted by Crippen LogP contribution is 2.23. The van der Waals surface area contributed by atoms with Gasteiger partial charge in [-0.2, -0.15) is 0 Å². The van der Waals surface area contributed by atoms with Crippen LogP contribution in [-0.2, 0) is 9.53 Å². The van der Waals surface area contributed by atoms with Crippen LogP contribution < -0.4 is 5.32 Å². The minimum absolute atomic E-state index is 0.00379. The summed E-state index contributed by atoms with van der Waals surface area (Å²) in [6.07, 6.45) is -3.99. The first-order valence-electron chi connectivity index (χ1n) is 5.70. The quantitative estimate of drug-likeness (QED) is 0.284. The second-order valence-corrected chi connectivity index (χ2v) is 4.33. The molecule has 1 saturated heterocycles. The van der Waals surface area contributed by atoms with Crippen molar-refractivity contribution < 1.29 is 35.1 Å². The van der Waals surface area contributed by atoms with Crippen molar-refractivity contribution in [3.8, 4) is 0 Å². The van der Waals surface area contributed by atoms with Crippen LogP contribution >= 0.6 is 0 Å². The Kier molecular flexibility index (Phi) is 5.45. The molecule has 0 aliphatic carbocycles. The molecular formula is C10H19NO7. The summed E-state index contributed by atoms with van der Waals surface area (Å²) in [4.78, 5) is 10.3. The molecule has 1 aliphatic heterocycles. The van der Waals surface area contributed by atoms with Gasteiger partial charge in [0.15, 0.2) is 0 Å². The Hall–Kier alpha value is -0.770. The van der Waals surface area contributed by atoms with E-state index in [4.69, 9.17) is 9.84 Å². The fourth-order valence-electron chi connectivity index (χ4n) is 1.68. The highest BCUT2D eigenvalue weighted by Gasteiger charge is 2.47. The highest BCUT2D eigenvalue weighted by molar-refractivity contribution is 5.66. The second kappa shape index (κ2) is 6.41. The van der Waals surface area contributed by atoms with Crippen LogP contribution in [0.4, 0.5) is 0 Å². The zero-order valence-electron chi connectivity index (χ0n) is 9.82. The van der Waals surface area contributed by atoms with Crippen LogP contribution in [0.2, 0.25) is 0 Å².